The highest BCUT2D eigenvalue weighted by Gasteiger charge is 2.37. The first-order valence-corrected chi connectivity index (χ1v) is 10.5. The number of halogens is 8. The smallest absolute Gasteiger partial charge is 0.209 e. The number of hydrogen-bond donors (Lipinski definition) is 4. The standard InChI is InChI=1S/C24H16F8N2O4/c25-13-11(14(26)17(29)19(31)16(13)28)12-15(27)18(30)20(32)22(38-10-3-7-24(34,36)8-4-10)21(12)37-9-1-5-23(33,35)6-2-9/h1-5,7,35-36H,6,8,33-34H2. The third-order valence-corrected chi connectivity index (χ3v) is 5.47. The van der Waals surface area contributed by atoms with E-state index in [0.29, 0.717) is 0 Å². The van der Waals surface area contributed by atoms with E-state index in [1.165, 1.54) is 0 Å². The van der Waals surface area contributed by atoms with Crippen LogP contribution in [0.15, 0.2) is 48.0 Å². The molecule has 38 heavy (non-hydrogen) atoms. The fourth-order valence-electron chi connectivity index (χ4n) is 3.50. The predicted octanol–water partition coefficient (Wildman–Crippen LogP) is 4.21. The molecule has 0 aliphatic heterocycles. The molecule has 0 radical (unpaired) electrons. The van der Waals surface area contributed by atoms with Crippen molar-refractivity contribution in [3.63, 3.8) is 0 Å². The van der Waals surface area contributed by atoms with Crippen LogP contribution >= 0.6 is 0 Å². The van der Waals surface area contributed by atoms with E-state index in [0.717, 1.165) is 36.5 Å². The molecule has 2 unspecified atom stereocenters. The van der Waals surface area contributed by atoms with Crippen LogP contribution in [-0.4, -0.2) is 21.7 Å². The number of benzene rings is 2. The Morgan fingerprint density at radius 3 is 1.34 bits per heavy atom. The molecule has 0 aromatic heterocycles. The molecule has 0 amide bonds. The van der Waals surface area contributed by atoms with E-state index in [4.69, 9.17) is 20.9 Å². The molecular weight excluding hydrogens is 532 g/mol. The van der Waals surface area contributed by atoms with Crippen LogP contribution in [0.4, 0.5) is 35.1 Å². The Bertz CT molecular complexity index is 1440. The van der Waals surface area contributed by atoms with Crippen LogP contribution in [0.1, 0.15) is 12.8 Å². The predicted molar refractivity (Wildman–Crippen MR) is 115 cm³/mol. The van der Waals surface area contributed by atoms with Crippen molar-refractivity contribution >= 4 is 0 Å². The first-order valence-electron chi connectivity index (χ1n) is 10.5. The Labute approximate surface area is 208 Å². The van der Waals surface area contributed by atoms with Gasteiger partial charge in [-0.25, -0.2) is 30.7 Å². The van der Waals surface area contributed by atoms with Gasteiger partial charge in [-0.2, -0.15) is 4.39 Å². The van der Waals surface area contributed by atoms with Gasteiger partial charge >= 0.3 is 0 Å². The van der Waals surface area contributed by atoms with E-state index in [-0.39, 0.29) is 24.4 Å². The van der Waals surface area contributed by atoms with Gasteiger partial charge in [0.25, 0.3) is 0 Å². The fourth-order valence-corrected chi connectivity index (χ4v) is 3.50. The van der Waals surface area contributed by atoms with Gasteiger partial charge in [0.1, 0.15) is 23.0 Å². The Balaban J connectivity index is 2.00. The third kappa shape index (κ3) is 4.90. The zero-order valence-electron chi connectivity index (χ0n) is 18.8. The Morgan fingerprint density at radius 2 is 0.921 bits per heavy atom. The van der Waals surface area contributed by atoms with Gasteiger partial charge in [-0.3, -0.25) is 0 Å². The molecule has 2 aliphatic carbocycles. The zero-order valence-corrected chi connectivity index (χ0v) is 18.8. The Morgan fingerprint density at radius 1 is 0.553 bits per heavy atom. The molecule has 2 atom stereocenters. The van der Waals surface area contributed by atoms with Crippen molar-refractivity contribution in [1.82, 2.24) is 0 Å². The minimum Gasteiger partial charge on any atom is -0.453 e. The van der Waals surface area contributed by atoms with E-state index in [1.54, 1.807) is 0 Å². The van der Waals surface area contributed by atoms with Crippen LogP contribution in [0.25, 0.3) is 11.1 Å². The van der Waals surface area contributed by atoms with Crippen LogP contribution in [0.5, 0.6) is 11.5 Å². The topological polar surface area (TPSA) is 111 Å². The second-order valence-electron chi connectivity index (χ2n) is 8.39. The highest BCUT2D eigenvalue weighted by atomic mass is 19.2. The summed E-state index contributed by atoms with van der Waals surface area (Å²) in [6, 6.07) is 0. The van der Waals surface area contributed by atoms with E-state index in [2.05, 4.69) is 0 Å². The van der Waals surface area contributed by atoms with Gasteiger partial charge < -0.3 is 31.2 Å². The maximum Gasteiger partial charge on any atom is 0.209 e. The summed E-state index contributed by atoms with van der Waals surface area (Å²) in [7, 11) is 0. The van der Waals surface area contributed by atoms with Crippen LogP contribution in [0.2, 0.25) is 0 Å². The molecule has 2 aliphatic rings. The van der Waals surface area contributed by atoms with Gasteiger partial charge in [-0.15, -0.1) is 0 Å². The maximum absolute atomic E-state index is 15.1. The first-order chi connectivity index (χ1) is 17.6. The molecule has 0 spiro atoms. The second kappa shape index (κ2) is 9.54. The van der Waals surface area contributed by atoms with Gasteiger partial charge in [0.15, 0.2) is 40.7 Å². The van der Waals surface area contributed by atoms with Crippen LogP contribution < -0.4 is 20.9 Å². The molecule has 2 aromatic rings. The molecule has 6 N–H and O–H groups in total. The molecule has 0 fully saturated rings. The first kappa shape index (κ1) is 27.3. The number of aliphatic hydroxyl groups is 2. The highest BCUT2D eigenvalue weighted by molar-refractivity contribution is 5.77. The van der Waals surface area contributed by atoms with Crippen molar-refractivity contribution in [3.8, 4) is 22.6 Å². The summed E-state index contributed by atoms with van der Waals surface area (Å²) < 4.78 is 126. The van der Waals surface area contributed by atoms with Crippen LogP contribution in [-0.2, 0) is 0 Å². The SMILES string of the molecule is NC1(O)C=CC(Oc2c(F)c(F)c(F)c(-c3c(F)c(F)c(F)c(F)c3F)c2OC2=CCC(N)(O)C=C2)=CC1. The third-order valence-electron chi connectivity index (χ3n) is 5.47. The van der Waals surface area contributed by atoms with Gasteiger partial charge in [0, 0.05) is 12.8 Å². The summed E-state index contributed by atoms with van der Waals surface area (Å²) in [6.07, 6.45) is 5.38. The van der Waals surface area contributed by atoms with Gasteiger partial charge in [0.2, 0.25) is 17.4 Å². The molecule has 0 bridgehead atoms. The number of hydrogen-bond acceptors (Lipinski definition) is 6. The highest BCUT2D eigenvalue weighted by Crippen LogP contribution is 2.48. The molecule has 14 heteroatoms. The van der Waals surface area contributed by atoms with Crippen molar-refractivity contribution in [2.24, 2.45) is 11.5 Å². The zero-order chi connectivity index (χ0) is 28.2. The molecule has 6 nitrogen and oxygen atoms in total. The lowest BCUT2D eigenvalue weighted by Gasteiger charge is -2.25. The average molecular weight is 548 g/mol. The summed E-state index contributed by atoms with van der Waals surface area (Å²) in [6.45, 7) is 0. The lowest BCUT2D eigenvalue weighted by Crippen LogP contribution is -2.37. The molecular formula is C24H16F8N2O4. The van der Waals surface area contributed by atoms with Crippen molar-refractivity contribution < 1.29 is 54.8 Å². The summed E-state index contributed by atoms with van der Waals surface area (Å²) in [5, 5.41) is 19.6. The summed E-state index contributed by atoms with van der Waals surface area (Å²) in [4.78, 5) is 0. The molecule has 0 saturated carbocycles. The summed E-state index contributed by atoms with van der Waals surface area (Å²) >= 11 is 0. The van der Waals surface area contributed by atoms with Gasteiger partial charge in [-0.05, 0) is 36.5 Å². The minimum absolute atomic E-state index is 0.312. The maximum atomic E-state index is 15.1. The lowest BCUT2D eigenvalue weighted by atomic mass is 9.99. The largest absolute Gasteiger partial charge is 0.453 e. The number of ether oxygens (including phenoxy) is 2. The van der Waals surface area contributed by atoms with E-state index < -0.39 is 80.6 Å². The van der Waals surface area contributed by atoms with Crippen molar-refractivity contribution in [2.75, 3.05) is 0 Å². The minimum atomic E-state index is -2.59. The fraction of sp³-hybridized carbons (Fsp3) is 0.167. The van der Waals surface area contributed by atoms with Crippen molar-refractivity contribution in [3.05, 3.63) is 94.5 Å². The van der Waals surface area contributed by atoms with E-state index >= 15 is 4.39 Å². The van der Waals surface area contributed by atoms with Crippen LogP contribution in [0.3, 0.4) is 0 Å². The quantitative estimate of drug-likeness (QED) is 0.193. The summed E-state index contributed by atoms with van der Waals surface area (Å²) in [5.74, 6) is -23.0. The normalized spacial score (nSPS) is 22.8. The monoisotopic (exact) mass is 548 g/mol. The Kier molecular flexibility index (Phi) is 6.86. The molecule has 2 aromatic carbocycles. The number of allylic oxidation sites excluding steroid dienone is 2. The lowest BCUT2D eigenvalue weighted by molar-refractivity contribution is 0.0976. The molecule has 202 valence electrons. The average Bonchev–Trinajstić information content (AvgIpc) is 2.86. The second-order valence-corrected chi connectivity index (χ2v) is 8.39. The van der Waals surface area contributed by atoms with Gasteiger partial charge in [-0.1, -0.05) is 0 Å². The number of nitrogens with two attached hydrogens (primary N) is 2. The molecule has 4 rings (SSSR count). The van der Waals surface area contributed by atoms with E-state index in [9.17, 15) is 40.9 Å². The van der Waals surface area contributed by atoms with Crippen LogP contribution in [0, 0.1) is 46.5 Å². The van der Waals surface area contributed by atoms with Crippen molar-refractivity contribution in [2.45, 2.75) is 24.3 Å². The number of rotatable bonds is 5. The molecule has 0 heterocycles. The van der Waals surface area contributed by atoms with Gasteiger partial charge in [0.05, 0.1) is 11.1 Å². The van der Waals surface area contributed by atoms with E-state index in [1.807, 2.05) is 0 Å². The van der Waals surface area contributed by atoms with Crippen molar-refractivity contribution in [1.29, 1.82) is 0 Å². The molecule has 0 saturated heterocycles. The summed E-state index contributed by atoms with van der Waals surface area (Å²) in [5.41, 5.74) is 3.60. The Hall–Kier alpha value is -3.72.